The van der Waals surface area contributed by atoms with Gasteiger partial charge in [0, 0.05) is 52.5 Å². The van der Waals surface area contributed by atoms with Gasteiger partial charge in [-0.1, -0.05) is 11.8 Å². The lowest BCUT2D eigenvalue weighted by atomic mass is 10.1. The Balaban J connectivity index is 1.20. The van der Waals surface area contributed by atoms with Crippen LogP contribution in [-0.2, 0) is 11.8 Å². The standard InChI is InChI=1S/C21H30N6O/c1-24-13-15-26(16-14-24)10-3-4-17-28-18-7-11-27(12-8-18)21-23-19-6-5-9-22-20(19)25(21)2/h5-6,9,18H,7-8,10-17H2,1-2H3. The lowest BCUT2D eigenvalue weighted by Gasteiger charge is -2.32. The number of hydrogen-bond donors (Lipinski definition) is 0. The van der Waals surface area contributed by atoms with Gasteiger partial charge in [-0.05, 0) is 32.0 Å². The molecule has 7 nitrogen and oxygen atoms in total. The van der Waals surface area contributed by atoms with Gasteiger partial charge in [-0.15, -0.1) is 0 Å². The summed E-state index contributed by atoms with van der Waals surface area (Å²) in [7, 11) is 4.21. The number of aromatic nitrogens is 3. The Morgan fingerprint density at radius 2 is 1.86 bits per heavy atom. The summed E-state index contributed by atoms with van der Waals surface area (Å²) in [6.45, 7) is 7.80. The van der Waals surface area contributed by atoms with Crippen molar-refractivity contribution in [3.8, 4) is 11.8 Å². The van der Waals surface area contributed by atoms with E-state index in [0.29, 0.717) is 12.7 Å². The van der Waals surface area contributed by atoms with Gasteiger partial charge in [0.2, 0.25) is 5.95 Å². The van der Waals surface area contributed by atoms with Crippen LogP contribution in [0.2, 0.25) is 0 Å². The second kappa shape index (κ2) is 8.91. The van der Waals surface area contributed by atoms with Crippen LogP contribution in [-0.4, -0.2) is 89.9 Å². The molecule has 2 fully saturated rings. The molecule has 0 amide bonds. The Morgan fingerprint density at radius 1 is 1.07 bits per heavy atom. The molecule has 2 aromatic rings. The van der Waals surface area contributed by atoms with E-state index in [4.69, 9.17) is 9.72 Å². The van der Waals surface area contributed by atoms with E-state index in [2.05, 4.69) is 43.1 Å². The van der Waals surface area contributed by atoms with E-state index in [9.17, 15) is 0 Å². The number of pyridine rings is 1. The molecule has 7 heteroatoms. The maximum atomic E-state index is 6.00. The Bertz CT molecular complexity index is 837. The molecule has 2 aliphatic heterocycles. The zero-order valence-corrected chi connectivity index (χ0v) is 17.0. The lowest BCUT2D eigenvalue weighted by Crippen LogP contribution is -2.44. The summed E-state index contributed by atoms with van der Waals surface area (Å²) >= 11 is 0. The number of piperidine rings is 1. The van der Waals surface area contributed by atoms with E-state index >= 15 is 0 Å². The van der Waals surface area contributed by atoms with E-state index in [1.165, 1.54) is 0 Å². The van der Waals surface area contributed by atoms with Crippen LogP contribution in [0.25, 0.3) is 11.2 Å². The molecule has 0 aromatic carbocycles. The van der Waals surface area contributed by atoms with E-state index in [1.54, 1.807) is 0 Å². The SMILES string of the molecule is CN1CCN(CC#CCOC2CCN(c3nc4cccnc4n3C)CC2)CC1. The number of anilines is 1. The summed E-state index contributed by atoms with van der Waals surface area (Å²) < 4.78 is 8.08. The maximum absolute atomic E-state index is 6.00. The molecule has 28 heavy (non-hydrogen) atoms. The first-order chi connectivity index (χ1) is 13.7. The molecule has 150 valence electrons. The van der Waals surface area contributed by atoms with Crippen molar-refractivity contribution < 1.29 is 4.74 Å². The van der Waals surface area contributed by atoms with Crippen LogP contribution in [0.1, 0.15) is 12.8 Å². The number of rotatable bonds is 4. The van der Waals surface area contributed by atoms with Crippen molar-refractivity contribution in [3.63, 3.8) is 0 Å². The highest BCUT2D eigenvalue weighted by Gasteiger charge is 2.23. The topological polar surface area (TPSA) is 49.7 Å². The zero-order chi connectivity index (χ0) is 19.3. The van der Waals surface area contributed by atoms with E-state index < -0.39 is 0 Å². The summed E-state index contributed by atoms with van der Waals surface area (Å²) in [6.07, 6.45) is 4.13. The third-order valence-electron chi connectivity index (χ3n) is 5.74. The Labute approximate surface area is 167 Å². The summed E-state index contributed by atoms with van der Waals surface area (Å²) in [5.41, 5.74) is 1.89. The molecule has 0 atom stereocenters. The number of hydrogen-bond acceptors (Lipinski definition) is 6. The summed E-state index contributed by atoms with van der Waals surface area (Å²) in [6, 6.07) is 3.95. The molecule has 2 aliphatic rings. The lowest BCUT2D eigenvalue weighted by molar-refractivity contribution is 0.0591. The zero-order valence-electron chi connectivity index (χ0n) is 17.0. The van der Waals surface area contributed by atoms with Crippen molar-refractivity contribution in [3.05, 3.63) is 18.3 Å². The molecule has 0 aliphatic carbocycles. The van der Waals surface area contributed by atoms with Crippen molar-refractivity contribution in [2.75, 3.05) is 64.4 Å². The normalized spacial score (nSPS) is 19.7. The van der Waals surface area contributed by atoms with Crippen LogP contribution >= 0.6 is 0 Å². The van der Waals surface area contributed by atoms with Gasteiger partial charge in [-0.25, -0.2) is 9.97 Å². The fourth-order valence-electron chi connectivity index (χ4n) is 3.90. The van der Waals surface area contributed by atoms with E-state index in [1.807, 2.05) is 25.4 Å². The molecular weight excluding hydrogens is 352 g/mol. The van der Waals surface area contributed by atoms with Crippen LogP contribution in [0.15, 0.2) is 18.3 Å². The smallest absolute Gasteiger partial charge is 0.207 e. The molecule has 4 rings (SSSR count). The van der Waals surface area contributed by atoms with Gasteiger partial charge in [0.25, 0.3) is 0 Å². The van der Waals surface area contributed by atoms with Gasteiger partial charge in [-0.2, -0.15) is 0 Å². The Hall–Kier alpha value is -2.14. The quantitative estimate of drug-likeness (QED) is 0.741. The van der Waals surface area contributed by atoms with Gasteiger partial charge < -0.3 is 14.5 Å². The molecule has 0 saturated carbocycles. The van der Waals surface area contributed by atoms with Crippen LogP contribution in [0, 0.1) is 11.8 Å². The summed E-state index contributed by atoms with van der Waals surface area (Å²) in [5.74, 6) is 7.46. The van der Waals surface area contributed by atoms with Crippen molar-refractivity contribution in [2.45, 2.75) is 18.9 Å². The van der Waals surface area contributed by atoms with Gasteiger partial charge >= 0.3 is 0 Å². The molecule has 0 unspecified atom stereocenters. The first kappa shape index (κ1) is 19.2. The minimum atomic E-state index is 0.294. The number of likely N-dealkylation sites (N-methyl/N-ethyl adjacent to an activating group) is 1. The van der Waals surface area contributed by atoms with Gasteiger partial charge in [0.05, 0.1) is 12.6 Å². The molecule has 0 spiro atoms. The van der Waals surface area contributed by atoms with E-state index in [-0.39, 0.29) is 0 Å². The number of nitrogens with zero attached hydrogens (tertiary/aromatic N) is 6. The molecule has 0 N–H and O–H groups in total. The first-order valence-electron chi connectivity index (χ1n) is 10.2. The van der Waals surface area contributed by atoms with Crippen LogP contribution in [0.5, 0.6) is 0 Å². The molecule has 4 heterocycles. The first-order valence-corrected chi connectivity index (χ1v) is 10.2. The second-order valence-corrected chi connectivity index (χ2v) is 7.75. The average molecular weight is 383 g/mol. The number of aryl methyl sites for hydroxylation is 1. The Kier molecular flexibility index (Phi) is 6.10. The minimum Gasteiger partial charge on any atom is -0.365 e. The molecule has 0 radical (unpaired) electrons. The number of piperazine rings is 1. The maximum Gasteiger partial charge on any atom is 0.207 e. The second-order valence-electron chi connectivity index (χ2n) is 7.75. The molecule has 2 saturated heterocycles. The monoisotopic (exact) mass is 382 g/mol. The number of imidazole rings is 1. The van der Waals surface area contributed by atoms with Crippen molar-refractivity contribution in [1.82, 2.24) is 24.3 Å². The summed E-state index contributed by atoms with van der Waals surface area (Å²) in [5, 5.41) is 0. The highest BCUT2D eigenvalue weighted by atomic mass is 16.5. The van der Waals surface area contributed by atoms with Gasteiger partial charge in [-0.3, -0.25) is 9.47 Å². The van der Waals surface area contributed by atoms with Crippen LogP contribution in [0.4, 0.5) is 5.95 Å². The van der Waals surface area contributed by atoms with Crippen molar-refractivity contribution in [1.29, 1.82) is 0 Å². The highest BCUT2D eigenvalue weighted by Crippen LogP contribution is 2.23. The average Bonchev–Trinajstić information content (AvgIpc) is 3.06. The van der Waals surface area contributed by atoms with Crippen LogP contribution in [0.3, 0.4) is 0 Å². The third kappa shape index (κ3) is 4.46. The fraction of sp³-hybridized carbons (Fsp3) is 0.619. The fourth-order valence-corrected chi connectivity index (χ4v) is 3.90. The summed E-state index contributed by atoms with van der Waals surface area (Å²) in [4.78, 5) is 16.3. The van der Waals surface area contributed by atoms with Gasteiger partial charge in [0.15, 0.2) is 5.65 Å². The number of fused-ring (bicyclic) bond motifs is 1. The molecule has 0 bridgehead atoms. The minimum absolute atomic E-state index is 0.294. The Morgan fingerprint density at radius 3 is 2.61 bits per heavy atom. The largest absolute Gasteiger partial charge is 0.365 e. The molecular formula is C21H30N6O. The van der Waals surface area contributed by atoms with Gasteiger partial charge in [0.1, 0.15) is 12.1 Å². The van der Waals surface area contributed by atoms with Crippen molar-refractivity contribution in [2.24, 2.45) is 7.05 Å². The van der Waals surface area contributed by atoms with Crippen LogP contribution < -0.4 is 4.90 Å². The highest BCUT2D eigenvalue weighted by molar-refractivity contribution is 5.74. The van der Waals surface area contributed by atoms with E-state index in [0.717, 1.165) is 75.8 Å². The molecule has 2 aromatic heterocycles. The third-order valence-corrected chi connectivity index (χ3v) is 5.74. The number of ether oxygens (including phenoxy) is 1. The van der Waals surface area contributed by atoms with Crippen molar-refractivity contribution >= 4 is 17.1 Å². The predicted molar refractivity (Wildman–Crippen MR) is 111 cm³/mol. The predicted octanol–water partition coefficient (Wildman–Crippen LogP) is 1.20.